The molecule has 4 rings (SSSR count). The zero-order valence-corrected chi connectivity index (χ0v) is 19.4. The molecule has 0 aliphatic carbocycles. The van der Waals surface area contributed by atoms with Crippen LogP contribution >= 0.6 is 23.2 Å². The summed E-state index contributed by atoms with van der Waals surface area (Å²) in [6, 6.07) is 10.1. The first-order valence-electron chi connectivity index (χ1n) is 9.81. The summed E-state index contributed by atoms with van der Waals surface area (Å²) in [6.45, 7) is 1.79. The fraction of sp³-hybridized carbons (Fsp3) is 0.167. The van der Waals surface area contributed by atoms with Gasteiger partial charge in [-0.15, -0.1) is 0 Å². The van der Waals surface area contributed by atoms with Crippen LogP contribution < -0.4 is 14.4 Å². The third-order valence-electron chi connectivity index (χ3n) is 5.42. The Morgan fingerprint density at radius 3 is 2.42 bits per heavy atom. The maximum Gasteiger partial charge on any atom is 0.300 e. The molecule has 33 heavy (non-hydrogen) atoms. The van der Waals surface area contributed by atoms with E-state index in [1.54, 1.807) is 37.3 Å². The molecule has 1 aromatic heterocycles. The van der Waals surface area contributed by atoms with Crippen LogP contribution in [0.2, 0.25) is 10.0 Å². The number of hydrogen-bond acceptors (Lipinski definition) is 6. The summed E-state index contributed by atoms with van der Waals surface area (Å²) in [5, 5.41) is 11.9. The Balaban J connectivity index is 1.99. The third kappa shape index (κ3) is 3.83. The molecule has 170 valence electrons. The summed E-state index contributed by atoms with van der Waals surface area (Å²) in [5.41, 5.74) is 1.09. The zero-order chi connectivity index (χ0) is 23.9. The maximum absolute atomic E-state index is 13.2. The second-order valence-corrected chi connectivity index (χ2v) is 8.15. The second kappa shape index (κ2) is 8.84. The van der Waals surface area contributed by atoms with E-state index >= 15 is 0 Å². The molecule has 1 amide bonds. The highest BCUT2D eigenvalue weighted by Gasteiger charge is 2.49. The summed E-state index contributed by atoms with van der Waals surface area (Å²) in [7, 11) is 2.84. The van der Waals surface area contributed by atoms with Crippen LogP contribution in [-0.2, 0) is 9.59 Å². The van der Waals surface area contributed by atoms with Crippen molar-refractivity contribution >= 4 is 46.3 Å². The van der Waals surface area contributed by atoms with Gasteiger partial charge < -0.3 is 19.0 Å². The van der Waals surface area contributed by atoms with Gasteiger partial charge in [-0.05, 0) is 42.8 Å². The molecule has 1 aliphatic heterocycles. The van der Waals surface area contributed by atoms with Crippen LogP contribution in [0.4, 0.5) is 5.69 Å². The topological polar surface area (TPSA) is 89.2 Å². The summed E-state index contributed by atoms with van der Waals surface area (Å²) < 4.78 is 16.1. The Labute approximate surface area is 199 Å². The Morgan fingerprint density at radius 2 is 1.79 bits per heavy atom. The molecule has 1 saturated heterocycles. The van der Waals surface area contributed by atoms with Crippen molar-refractivity contribution in [3.8, 4) is 11.5 Å². The number of amides is 1. The maximum atomic E-state index is 13.2. The van der Waals surface area contributed by atoms with Gasteiger partial charge >= 0.3 is 0 Å². The lowest BCUT2D eigenvalue weighted by Crippen LogP contribution is -2.30. The molecule has 1 atom stereocenters. The first-order chi connectivity index (χ1) is 15.8. The van der Waals surface area contributed by atoms with Gasteiger partial charge in [0.2, 0.25) is 0 Å². The predicted molar refractivity (Wildman–Crippen MR) is 124 cm³/mol. The van der Waals surface area contributed by atoms with Gasteiger partial charge in [0, 0.05) is 16.8 Å². The second-order valence-electron chi connectivity index (χ2n) is 7.30. The number of ether oxygens (including phenoxy) is 2. The zero-order valence-electron chi connectivity index (χ0n) is 17.9. The average molecular weight is 488 g/mol. The van der Waals surface area contributed by atoms with Crippen molar-refractivity contribution in [2.45, 2.75) is 13.0 Å². The SMILES string of the molecule is COc1cc(OC)c(/C(O)=C2/C(=O)C(=O)N(c3cc(Cl)ccc3C)C2c2ccco2)cc1Cl. The van der Waals surface area contributed by atoms with E-state index in [0.29, 0.717) is 22.0 Å². The molecule has 0 spiro atoms. The number of anilines is 1. The van der Waals surface area contributed by atoms with Crippen molar-refractivity contribution < 1.29 is 28.6 Å². The van der Waals surface area contributed by atoms with E-state index in [0.717, 1.165) is 0 Å². The monoisotopic (exact) mass is 487 g/mol. The van der Waals surface area contributed by atoms with Gasteiger partial charge in [0.15, 0.2) is 0 Å². The highest BCUT2D eigenvalue weighted by molar-refractivity contribution is 6.52. The van der Waals surface area contributed by atoms with E-state index in [9.17, 15) is 14.7 Å². The highest BCUT2D eigenvalue weighted by Crippen LogP contribution is 2.45. The van der Waals surface area contributed by atoms with E-state index in [4.69, 9.17) is 37.1 Å². The van der Waals surface area contributed by atoms with Crippen LogP contribution in [0.3, 0.4) is 0 Å². The summed E-state index contributed by atoms with van der Waals surface area (Å²) in [5.74, 6) is -1.36. The van der Waals surface area contributed by atoms with E-state index < -0.39 is 23.5 Å². The Kier molecular flexibility index (Phi) is 6.10. The first-order valence-corrected chi connectivity index (χ1v) is 10.6. The van der Waals surface area contributed by atoms with Crippen LogP contribution in [0, 0.1) is 6.92 Å². The Morgan fingerprint density at radius 1 is 1.06 bits per heavy atom. The predicted octanol–water partition coefficient (Wildman–Crippen LogP) is 5.54. The molecule has 1 aliphatic rings. The lowest BCUT2D eigenvalue weighted by Gasteiger charge is -2.25. The number of furan rings is 1. The molecular weight excluding hydrogens is 469 g/mol. The highest BCUT2D eigenvalue weighted by atomic mass is 35.5. The number of ketones is 1. The molecule has 0 bridgehead atoms. The van der Waals surface area contributed by atoms with Crippen LogP contribution in [0.25, 0.3) is 5.76 Å². The van der Waals surface area contributed by atoms with Gasteiger partial charge in [-0.2, -0.15) is 0 Å². The lowest BCUT2D eigenvalue weighted by atomic mass is 9.98. The van der Waals surface area contributed by atoms with E-state index in [1.165, 1.54) is 37.5 Å². The lowest BCUT2D eigenvalue weighted by molar-refractivity contribution is -0.132. The number of nitrogens with zero attached hydrogens (tertiary/aromatic N) is 1. The first kappa shape index (κ1) is 22.8. The summed E-state index contributed by atoms with van der Waals surface area (Å²) >= 11 is 12.4. The van der Waals surface area contributed by atoms with Gasteiger partial charge in [-0.25, -0.2) is 0 Å². The minimum absolute atomic E-state index is 0.126. The van der Waals surface area contributed by atoms with Crippen molar-refractivity contribution in [3.63, 3.8) is 0 Å². The number of hydrogen-bond donors (Lipinski definition) is 1. The van der Waals surface area contributed by atoms with Gasteiger partial charge in [-0.1, -0.05) is 29.3 Å². The van der Waals surface area contributed by atoms with Gasteiger partial charge in [-0.3, -0.25) is 14.5 Å². The molecule has 1 unspecified atom stereocenters. The third-order valence-corrected chi connectivity index (χ3v) is 5.95. The molecule has 9 heteroatoms. The number of halogens is 2. The molecule has 2 aromatic carbocycles. The molecule has 0 radical (unpaired) electrons. The minimum Gasteiger partial charge on any atom is -0.507 e. The summed E-state index contributed by atoms with van der Waals surface area (Å²) in [4.78, 5) is 27.7. The van der Waals surface area contributed by atoms with Crippen LogP contribution in [0.5, 0.6) is 11.5 Å². The van der Waals surface area contributed by atoms with Gasteiger partial charge in [0.1, 0.15) is 29.1 Å². The van der Waals surface area contributed by atoms with Crippen LogP contribution in [-0.4, -0.2) is 31.0 Å². The number of aryl methyl sites for hydroxylation is 1. The molecular formula is C24H19Cl2NO6. The van der Waals surface area contributed by atoms with Crippen molar-refractivity contribution in [1.29, 1.82) is 0 Å². The van der Waals surface area contributed by atoms with Crippen LogP contribution in [0.15, 0.2) is 58.7 Å². The van der Waals surface area contributed by atoms with Crippen LogP contribution in [0.1, 0.15) is 22.9 Å². The smallest absolute Gasteiger partial charge is 0.300 e. The van der Waals surface area contributed by atoms with Gasteiger partial charge in [0.05, 0.1) is 36.6 Å². The van der Waals surface area contributed by atoms with Crippen molar-refractivity contribution in [2.24, 2.45) is 0 Å². The van der Waals surface area contributed by atoms with Crippen molar-refractivity contribution in [3.05, 3.63) is 81.2 Å². The number of carbonyl (C=O) groups excluding carboxylic acids is 2. The molecule has 0 saturated carbocycles. The fourth-order valence-corrected chi connectivity index (χ4v) is 4.24. The van der Waals surface area contributed by atoms with Crippen molar-refractivity contribution in [1.82, 2.24) is 0 Å². The average Bonchev–Trinajstić information content (AvgIpc) is 3.42. The largest absolute Gasteiger partial charge is 0.507 e. The van der Waals surface area contributed by atoms with E-state index in [-0.39, 0.29) is 27.7 Å². The number of methoxy groups -OCH3 is 2. The number of carbonyl (C=O) groups is 2. The van der Waals surface area contributed by atoms with E-state index in [1.807, 2.05) is 0 Å². The standard InChI is InChI=1S/C24H19Cl2NO6/c1-12-6-7-13(25)9-16(12)27-21(17-5-4-8-33-17)20(23(29)24(27)30)22(28)14-10-15(26)19(32-3)11-18(14)31-2/h4-11,21,28H,1-3H3/b22-20-. The molecule has 3 aromatic rings. The number of aliphatic hydroxyl groups is 1. The molecule has 1 N–H and O–H groups in total. The number of rotatable bonds is 5. The molecule has 1 fully saturated rings. The Bertz CT molecular complexity index is 1280. The Hall–Kier alpha value is -3.42. The number of Topliss-reactive ketones (excluding diaryl/α,β-unsaturated/α-hetero) is 1. The summed E-state index contributed by atoms with van der Waals surface area (Å²) in [6.07, 6.45) is 1.42. The molecule has 7 nitrogen and oxygen atoms in total. The fourth-order valence-electron chi connectivity index (χ4n) is 3.83. The minimum atomic E-state index is -1.04. The normalized spacial score (nSPS) is 17.5. The van der Waals surface area contributed by atoms with E-state index in [2.05, 4.69) is 0 Å². The van der Waals surface area contributed by atoms with Crippen molar-refractivity contribution in [2.75, 3.05) is 19.1 Å². The quantitative estimate of drug-likeness (QED) is 0.288. The molecule has 2 heterocycles. The van der Waals surface area contributed by atoms with Gasteiger partial charge in [0.25, 0.3) is 11.7 Å². The number of benzene rings is 2. The number of aliphatic hydroxyl groups excluding tert-OH is 1.